The van der Waals surface area contributed by atoms with Crippen molar-refractivity contribution in [3.8, 4) is 0 Å². The zero-order valence-electron chi connectivity index (χ0n) is 13.8. The van der Waals surface area contributed by atoms with Crippen LogP contribution in [0.15, 0.2) is 59.4 Å². The fraction of sp³-hybridized carbons (Fsp3) is 0.105. The van der Waals surface area contributed by atoms with Crippen LogP contribution in [0.1, 0.15) is 17.3 Å². The molecule has 2 N–H and O–H groups in total. The second-order valence-electron chi connectivity index (χ2n) is 5.64. The molecule has 0 fully saturated rings. The molecule has 3 rings (SSSR count). The Morgan fingerprint density at radius 3 is 2.54 bits per heavy atom. The van der Waals surface area contributed by atoms with E-state index in [0.29, 0.717) is 16.6 Å². The smallest absolute Gasteiger partial charge is 0.339 e. The van der Waals surface area contributed by atoms with Gasteiger partial charge in [0.1, 0.15) is 5.82 Å². The van der Waals surface area contributed by atoms with Gasteiger partial charge in [-0.2, -0.15) is 0 Å². The molecule has 0 aliphatic carbocycles. The highest BCUT2D eigenvalue weighted by molar-refractivity contribution is 6.04. The van der Waals surface area contributed by atoms with Gasteiger partial charge in [0.25, 0.3) is 5.91 Å². The predicted octanol–water partition coefficient (Wildman–Crippen LogP) is 2.85. The maximum atomic E-state index is 12.9. The summed E-state index contributed by atoms with van der Waals surface area (Å²) in [4.78, 5) is 38.9. The quantitative estimate of drug-likeness (QED) is 0.705. The van der Waals surface area contributed by atoms with E-state index in [-0.39, 0.29) is 5.56 Å². The summed E-state index contributed by atoms with van der Waals surface area (Å²) >= 11 is 0. The van der Waals surface area contributed by atoms with Crippen LogP contribution >= 0.6 is 0 Å². The van der Waals surface area contributed by atoms with Crippen LogP contribution in [0.3, 0.4) is 0 Å². The number of benzene rings is 2. The van der Waals surface area contributed by atoms with Gasteiger partial charge in [0, 0.05) is 22.7 Å². The van der Waals surface area contributed by atoms with Crippen molar-refractivity contribution in [3.63, 3.8) is 0 Å². The number of aromatic nitrogens is 1. The van der Waals surface area contributed by atoms with Crippen LogP contribution in [0.25, 0.3) is 10.9 Å². The molecule has 2 aromatic carbocycles. The van der Waals surface area contributed by atoms with Gasteiger partial charge in [-0.05, 0) is 37.3 Å². The molecular weight excluding hydrogens is 339 g/mol. The lowest BCUT2D eigenvalue weighted by atomic mass is 10.1. The first-order chi connectivity index (χ1) is 12.4. The van der Waals surface area contributed by atoms with Crippen LogP contribution in [-0.4, -0.2) is 23.0 Å². The normalized spacial score (nSPS) is 11.8. The molecular formula is C19H15FN2O4. The highest BCUT2D eigenvalue weighted by Gasteiger charge is 2.21. The van der Waals surface area contributed by atoms with Crippen molar-refractivity contribution < 1.29 is 18.7 Å². The highest BCUT2D eigenvalue weighted by Crippen LogP contribution is 2.16. The van der Waals surface area contributed by atoms with Gasteiger partial charge >= 0.3 is 5.97 Å². The molecule has 0 aliphatic heterocycles. The standard InChI is InChI=1S/C19H15FN2O4/c1-11(18(24)21-13-8-6-12(20)7-9-13)26-19(25)15-10-17(23)22-16-5-3-2-4-14(15)16/h2-11H,1H3,(H,21,24)(H,22,23)/t11-/m0/s1. The topological polar surface area (TPSA) is 88.3 Å². The lowest BCUT2D eigenvalue weighted by Crippen LogP contribution is -2.30. The van der Waals surface area contributed by atoms with E-state index in [0.717, 1.165) is 6.07 Å². The summed E-state index contributed by atoms with van der Waals surface area (Å²) < 4.78 is 18.1. The summed E-state index contributed by atoms with van der Waals surface area (Å²) in [7, 11) is 0. The van der Waals surface area contributed by atoms with E-state index in [1.807, 2.05) is 0 Å². The van der Waals surface area contributed by atoms with E-state index < -0.39 is 29.4 Å². The number of hydrogen-bond acceptors (Lipinski definition) is 4. The van der Waals surface area contributed by atoms with Gasteiger partial charge in [-0.1, -0.05) is 18.2 Å². The second kappa shape index (κ2) is 7.18. The third-order valence-corrected chi connectivity index (χ3v) is 3.74. The van der Waals surface area contributed by atoms with Crippen LogP contribution < -0.4 is 10.9 Å². The zero-order valence-corrected chi connectivity index (χ0v) is 13.8. The molecule has 0 saturated carbocycles. The number of fused-ring (bicyclic) bond motifs is 1. The van der Waals surface area contributed by atoms with Crippen molar-refractivity contribution in [2.24, 2.45) is 0 Å². The number of carbonyl (C=O) groups excluding carboxylic acids is 2. The van der Waals surface area contributed by atoms with Gasteiger partial charge in [-0.25, -0.2) is 9.18 Å². The third-order valence-electron chi connectivity index (χ3n) is 3.74. The van der Waals surface area contributed by atoms with Crippen molar-refractivity contribution in [1.82, 2.24) is 4.98 Å². The highest BCUT2D eigenvalue weighted by atomic mass is 19.1. The molecule has 0 aliphatic rings. The Hall–Kier alpha value is -3.48. The van der Waals surface area contributed by atoms with Crippen LogP contribution in [-0.2, 0) is 9.53 Å². The van der Waals surface area contributed by atoms with Gasteiger partial charge in [0.15, 0.2) is 6.10 Å². The number of H-pyrrole nitrogens is 1. The van der Waals surface area contributed by atoms with Crippen molar-refractivity contribution in [2.75, 3.05) is 5.32 Å². The Morgan fingerprint density at radius 1 is 1.12 bits per heavy atom. The number of pyridine rings is 1. The molecule has 1 atom stereocenters. The van der Waals surface area contributed by atoms with Crippen molar-refractivity contribution in [1.29, 1.82) is 0 Å². The third kappa shape index (κ3) is 3.77. The number of amides is 1. The first kappa shape index (κ1) is 17.3. The number of anilines is 1. The monoisotopic (exact) mass is 354 g/mol. The maximum absolute atomic E-state index is 12.9. The number of aromatic amines is 1. The van der Waals surface area contributed by atoms with Gasteiger partial charge < -0.3 is 15.0 Å². The molecule has 0 radical (unpaired) electrons. The Balaban J connectivity index is 1.76. The first-order valence-corrected chi connectivity index (χ1v) is 7.83. The van der Waals surface area contributed by atoms with Crippen LogP contribution in [0.4, 0.5) is 10.1 Å². The molecule has 3 aromatic rings. The molecule has 1 aromatic heterocycles. The van der Waals surface area contributed by atoms with E-state index in [1.165, 1.54) is 31.2 Å². The maximum Gasteiger partial charge on any atom is 0.339 e. The SMILES string of the molecule is C[C@H](OC(=O)c1cc(=O)[nH]c2ccccc12)C(=O)Nc1ccc(F)cc1. The fourth-order valence-electron chi connectivity index (χ4n) is 2.43. The Labute approximate surface area is 147 Å². The lowest BCUT2D eigenvalue weighted by molar-refractivity contribution is -0.123. The summed E-state index contributed by atoms with van der Waals surface area (Å²) in [6.07, 6.45) is -1.11. The number of para-hydroxylation sites is 1. The van der Waals surface area contributed by atoms with Gasteiger partial charge in [0.2, 0.25) is 5.56 Å². The van der Waals surface area contributed by atoms with Gasteiger partial charge in [0.05, 0.1) is 5.56 Å². The summed E-state index contributed by atoms with van der Waals surface area (Å²) in [5, 5.41) is 3.04. The van der Waals surface area contributed by atoms with E-state index in [9.17, 15) is 18.8 Å². The number of nitrogens with one attached hydrogen (secondary N) is 2. The average molecular weight is 354 g/mol. The summed E-state index contributed by atoms with van der Waals surface area (Å²) in [5.74, 6) is -1.78. The molecule has 0 spiro atoms. The molecule has 1 amide bonds. The number of hydrogen-bond donors (Lipinski definition) is 2. The van der Waals surface area contributed by atoms with Crippen LogP contribution in [0.2, 0.25) is 0 Å². The molecule has 1 heterocycles. The number of halogens is 1. The Kier molecular flexibility index (Phi) is 4.79. The summed E-state index contributed by atoms with van der Waals surface area (Å²) in [6.45, 7) is 1.41. The van der Waals surface area contributed by atoms with E-state index in [4.69, 9.17) is 4.74 Å². The largest absolute Gasteiger partial charge is 0.449 e. The van der Waals surface area contributed by atoms with Gasteiger partial charge in [-0.3, -0.25) is 9.59 Å². The summed E-state index contributed by atoms with van der Waals surface area (Å²) in [5.41, 5.74) is 0.501. The van der Waals surface area contributed by atoms with Crippen LogP contribution in [0.5, 0.6) is 0 Å². The number of ether oxygens (including phenoxy) is 1. The minimum atomic E-state index is -1.11. The van der Waals surface area contributed by atoms with Crippen molar-refractivity contribution in [3.05, 3.63) is 76.3 Å². The fourth-order valence-corrected chi connectivity index (χ4v) is 2.43. The minimum absolute atomic E-state index is 0.0748. The van der Waals surface area contributed by atoms with Crippen molar-refractivity contribution in [2.45, 2.75) is 13.0 Å². The number of esters is 1. The number of rotatable bonds is 4. The summed E-state index contributed by atoms with van der Waals surface area (Å²) in [6, 6.07) is 13.1. The second-order valence-corrected chi connectivity index (χ2v) is 5.64. The van der Waals surface area contributed by atoms with E-state index in [1.54, 1.807) is 24.3 Å². The number of carbonyl (C=O) groups is 2. The van der Waals surface area contributed by atoms with Crippen molar-refractivity contribution >= 4 is 28.5 Å². The molecule has 7 heteroatoms. The lowest BCUT2D eigenvalue weighted by Gasteiger charge is -2.14. The molecule has 0 unspecified atom stereocenters. The zero-order chi connectivity index (χ0) is 18.7. The molecule has 0 saturated heterocycles. The molecule has 132 valence electrons. The average Bonchev–Trinajstić information content (AvgIpc) is 2.62. The van der Waals surface area contributed by atoms with Gasteiger partial charge in [-0.15, -0.1) is 0 Å². The molecule has 0 bridgehead atoms. The Morgan fingerprint density at radius 2 is 1.81 bits per heavy atom. The van der Waals surface area contributed by atoms with E-state index in [2.05, 4.69) is 10.3 Å². The predicted molar refractivity (Wildman–Crippen MR) is 94.5 cm³/mol. The molecule has 26 heavy (non-hydrogen) atoms. The molecule has 6 nitrogen and oxygen atoms in total. The first-order valence-electron chi connectivity index (χ1n) is 7.83. The Bertz CT molecular complexity index is 1030. The van der Waals surface area contributed by atoms with E-state index >= 15 is 0 Å². The minimum Gasteiger partial charge on any atom is -0.449 e. The van der Waals surface area contributed by atoms with Crippen LogP contribution in [0, 0.1) is 5.82 Å².